The summed E-state index contributed by atoms with van der Waals surface area (Å²) in [4.78, 5) is 17.4. The Morgan fingerprint density at radius 2 is 1.67 bits per heavy atom. The van der Waals surface area contributed by atoms with E-state index < -0.39 is 15.8 Å². The highest BCUT2D eigenvalue weighted by molar-refractivity contribution is 7.92. The first-order chi connectivity index (χ1) is 14.3. The number of halogens is 1. The summed E-state index contributed by atoms with van der Waals surface area (Å²) in [5, 5.41) is 0.411. The molecule has 0 aliphatic carbocycles. The van der Waals surface area contributed by atoms with Gasteiger partial charge in [0.2, 0.25) is 0 Å². The molecule has 4 rings (SSSR count). The highest BCUT2D eigenvalue weighted by Gasteiger charge is 2.18. The number of hydrogen-bond donors (Lipinski definition) is 1. The summed E-state index contributed by atoms with van der Waals surface area (Å²) < 4.78 is 43.3. The molecule has 0 aliphatic rings. The van der Waals surface area contributed by atoms with E-state index in [-0.39, 0.29) is 16.1 Å². The molecule has 0 atom stereocenters. The molecule has 0 spiro atoms. The van der Waals surface area contributed by atoms with Gasteiger partial charge in [-0.1, -0.05) is 29.8 Å². The zero-order valence-corrected chi connectivity index (χ0v) is 17.1. The Bertz CT molecular complexity index is 1430. The fourth-order valence-corrected chi connectivity index (χ4v) is 4.26. The van der Waals surface area contributed by atoms with E-state index in [1.165, 1.54) is 28.8 Å². The number of benzene rings is 3. The van der Waals surface area contributed by atoms with Crippen LogP contribution >= 0.6 is 0 Å². The van der Waals surface area contributed by atoms with Crippen molar-refractivity contribution in [2.75, 3.05) is 4.72 Å². The molecule has 0 saturated carbocycles. The third-order valence-electron chi connectivity index (χ3n) is 4.73. The number of anilines is 1. The second kappa shape index (κ2) is 7.38. The van der Waals surface area contributed by atoms with Gasteiger partial charge in [-0.15, -0.1) is 0 Å². The molecular weight excluding hydrogens is 405 g/mol. The third-order valence-corrected chi connectivity index (χ3v) is 6.11. The maximum atomic E-state index is 14.4. The van der Waals surface area contributed by atoms with Crippen molar-refractivity contribution in [3.63, 3.8) is 0 Å². The molecule has 3 aromatic carbocycles. The van der Waals surface area contributed by atoms with Gasteiger partial charge in [-0.05, 0) is 56.3 Å². The van der Waals surface area contributed by atoms with Gasteiger partial charge >= 0.3 is 0 Å². The summed E-state index contributed by atoms with van der Waals surface area (Å²) >= 11 is 0. The van der Waals surface area contributed by atoms with E-state index in [9.17, 15) is 17.6 Å². The first kappa shape index (κ1) is 19.8. The normalized spacial score (nSPS) is 11.6. The van der Waals surface area contributed by atoms with Gasteiger partial charge < -0.3 is 0 Å². The van der Waals surface area contributed by atoms with Gasteiger partial charge in [0.25, 0.3) is 15.6 Å². The lowest BCUT2D eigenvalue weighted by molar-refractivity contribution is 0.598. The van der Waals surface area contributed by atoms with Gasteiger partial charge in [-0.25, -0.2) is 17.8 Å². The van der Waals surface area contributed by atoms with Crippen molar-refractivity contribution in [3.05, 3.63) is 94.3 Å². The van der Waals surface area contributed by atoms with Crippen LogP contribution in [-0.4, -0.2) is 18.0 Å². The van der Waals surface area contributed by atoms with Crippen LogP contribution in [0.1, 0.15) is 11.4 Å². The fraction of sp³-hybridized carbons (Fsp3) is 0.0909. The molecule has 0 bridgehead atoms. The molecule has 6 nitrogen and oxygen atoms in total. The molecule has 1 heterocycles. The summed E-state index contributed by atoms with van der Waals surface area (Å²) in [5.74, 6) is -0.355. The van der Waals surface area contributed by atoms with Crippen LogP contribution in [0.15, 0.2) is 76.4 Å². The highest BCUT2D eigenvalue weighted by atomic mass is 32.2. The van der Waals surface area contributed by atoms with Crippen molar-refractivity contribution in [1.82, 2.24) is 9.55 Å². The zero-order chi connectivity index (χ0) is 21.5. The molecule has 8 heteroatoms. The molecule has 1 aromatic heterocycles. The number of sulfonamides is 1. The summed E-state index contributed by atoms with van der Waals surface area (Å²) in [5.41, 5.74) is 1.18. The first-order valence-corrected chi connectivity index (χ1v) is 10.6. The predicted molar refractivity (Wildman–Crippen MR) is 114 cm³/mol. The third kappa shape index (κ3) is 3.57. The number of hydrogen-bond acceptors (Lipinski definition) is 4. The lowest BCUT2D eigenvalue weighted by atomic mass is 10.2. The lowest BCUT2D eigenvalue weighted by Gasteiger charge is -2.14. The molecule has 1 N–H and O–H groups in total. The fourth-order valence-electron chi connectivity index (χ4n) is 3.20. The molecule has 4 aromatic rings. The predicted octanol–water partition coefficient (Wildman–Crippen LogP) is 3.94. The van der Waals surface area contributed by atoms with Crippen LogP contribution in [0, 0.1) is 19.7 Å². The number of aromatic nitrogens is 2. The minimum atomic E-state index is -4.00. The monoisotopic (exact) mass is 423 g/mol. The number of fused-ring (bicyclic) bond motifs is 1. The average molecular weight is 423 g/mol. The van der Waals surface area contributed by atoms with Crippen LogP contribution in [0.2, 0.25) is 0 Å². The Morgan fingerprint density at radius 3 is 2.40 bits per heavy atom. The van der Waals surface area contributed by atoms with Crippen LogP contribution < -0.4 is 10.3 Å². The summed E-state index contributed by atoms with van der Waals surface area (Å²) in [6.45, 7) is 3.50. The molecule has 0 aliphatic heterocycles. The molecule has 0 saturated heterocycles. The summed E-state index contributed by atoms with van der Waals surface area (Å²) in [6, 6.07) is 16.9. The van der Waals surface area contributed by atoms with Crippen molar-refractivity contribution in [2.24, 2.45) is 0 Å². The van der Waals surface area contributed by atoms with Gasteiger partial charge in [-0.2, -0.15) is 0 Å². The highest BCUT2D eigenvalue weighted by Crippen LogP contribution is 2.23. The maximum absolute atomic E-state index is 14.4. The number of nitrogens with one attached hydrogen (secondary N) is 1. The number of nitrogens with zero attached hydrogens (tertiary/aromatic N) is 2. The standard InChI is InChI=1S/C22H18FN3O3S/c1-14-7-10-17(11-8-14)30(28,29)25-21-13-16(9-12-19(21)23)26-15(2)24-20-6-4-3-5-18(20)22(26)27/h3-13,25H,1-2H3. The Kier molecular flexibility index (Phi) is 4.87. The van der Waals surface area contributed by atoms with E-state index in [0.29, 0.717) is 22.4 Å². The van der Waals surface area contributed by atoms with Crippen LogP contribution in [0.4, 0.5) is 10.1 Å². The van der Waals surface area contributed by atoms with E-state index in [2.05, 4.69) is 9.71 Å². The minimum absolute atomic E-state index is 0.0126. The maximum Gasteiger partial charge on any atom is 0.265 e. The van der Waals surface area contributed by atoms with Gasteiger partial charge in [-0.3, -0.25) is 14.1 Å². The van der Waals surface area contributed by atoms with Crippen LogP contribution in [0.5, 0.6) is 0 Å². The van der Waals surface area contributed by atoms with Gasteiger partial charge in [0.1, 0.15) is 11.6 Å². The lowest BCUT2D eigenvalue weighted by Crippen LogP contribution is -2.22. The molecule has 0 fully saturated rings. The van der Waals surface area contributed by atoms with E-state index >= 15 is 0 Å². The Hall–Kier alpha value is -3.52. The second-order valence-corrected chi connectivity index (χ2v) is 8.58. The van der Waals surface area contributed by atoms with Crippen LogP contribution in [0.3, 0.4) is 0 Å². The minimum Gasteiger partial charge on any atom is -0.277 e. The van der Waals surface area contributed by atoms with E-state index in [1.54, 1.807) is 43.3 Å². The summed E-state index contributed by atoms with van der Waals surface area (Å²) in [6.07, 6.45) is 0. The number of para-hydroxylation sites is 1. The van der Waals surface area contributed by atoms with Gasteiger partial charge in [0, 0.05) is 0 Å². The molecule has 0 radical (unpaired) electrons. The van der Waals surface area contributed by atoms with Crippen molar-refractivity contribution in [1.29, 1.82) is 0 Å². The molecule has 152 valence electrons. The smallest absolute Gasteiger partial charge is 0.265 e. The van der Waals surface area contributed by atoms with Crippen molar-refractivity contribution < 1.29 is 12.8 Å². The molecule has 0 unspecified atom stereocenters. The molecule has 0 amide bonds. The Balaban J connectivity index is 1.81. The molecular formula is C22H18FN3O3S. The quantitative estimate of drug-likeness (QED) is 0.539. The average Bonchev–Trinajstić information content (AvgIpc) is 2.70. The Labute approximate surface area is 172 Å². The van der Waals surface area contributed by atoms with Crippen LogP contribution in [0.25, 0.3) is 16.6 Å². The Morgan fingerprint density at radius 1 is 0.967 bits per heavy atom. The summed E-state index contributed by atoms with van der Waals surface area (Å²) in [7, 11) is -4.00. The second-order valence-electron chi connectivity index (χ2n) is 6.90. The van der Waals surface area contributed by atoms with E-state index in [4.69, 9.17) is 0 Å². The van der Waals surface area contributed by atoms with Crippen LogP contribution in [-0.2, 0) is 10.0 Å². The largest absolute Gasteiger partial charge is 0.277 e. The van der Waals surface area contributed by atoms with Gasteiger partial charge in [0.05, 0.1) is 27.2 Å². The van der Waals surface area contributed by atoms with E-state index in [1.807, 2.05) is 6.92 Å². The van der Waals surface area contributed by atoms with E-state index in [0.717, 1.165) is 11.6 Å². The number of aryl methyl sites for hydroxylation is 2. The van der Waals surface area contributed by atoms with Crippen molar-refractivity contribution in [2.45, 2.75) is 18.7 Å². The zero-order valence-electron chi connectivity index (χ0n) is 16.3. The van der Waals surface area contributed by atoms with Crippen molar-refractivity contribution in [3.8, 4) is 5.69 Å². The van der Waals surface area contributed by atoms with Gasteiger partial charge in [0.15, 0.2) is 0 Å². The first-order valence-electron chi connectivity index (χ1n) is 9.14. The molecule has 30 heavy (non-hydrogen) atoms. The van der Waals surface area contributed by atoms with Crippen molar-refractivity contribution >= 4 is 26.6 Å². The SMILES string of the molecule is Cc1ccc(S(=O)(=O)Nc2cc(-n3c(C)nc4ccccc4c3=O)ccc2F)cc1. The topological polar surface area (TPSA) is 81.1 Å². The number of rotatable bonds is 4.